The molecule has 2 atom stereocenters. The van der Waals surface area contributed by atoms with E-state index in [4.69, 9.17) is 1.37 Å². The van der Waals surface area contributed by atoms with Crippen molar-refractivity contribution in [3.63, 3.8) is 0 Å². The van der Waals surface area contributed by atoms with Gasteiger partial charge in [0.15, 0.2) is 5.89 Å². The summed E-state index contributed by atoms with van der Waals surface area (Å²) >= 11 is 0. The van der Waals surface area contributed by atoms with Crippen LogP contribution in [-0.4, -0.2) is 29.8 Å². The monoisotopic (exact) mass is 166 g/mol. The number of nitrogens with zero attached hydrogens (tertiary/aromatic N) is 1. The molecule has 0 radical (unpaired) electrons. The predicted molar refractivity (Wildman–Crippen MR) is 42.5 cm³/mol. The number of carbonyl (C=O) groups excluding carboxylic acids is 1. The molecule has 60 valence electrons. The molecule has 0 fully saturated rings. The second kappa shape index (κ2) is 4.62. The van der Waals surface area contributed by atoms with Crippen LogP contribution in [0.2, 0.25) is 0 Å². The lowest BCUT2D eigenvalue weighted by molar-refractivity contribution is -0.133. The Kier molecular flexibility index (Phi) is 3.66. The SMILES string of the molecule is [2H]C(F)(P)C(=O)N(CC)CC. The van der Waals surface area contributed by atoms with Gasteiger partial charge in [-0.1, -0.05) is 9.24 Å². The molecule has 0 saturated carbocycles. The third-order valence-electron chi connectivity index (χ3n) is 1.25. The molecule has 10 heavy (non-hydrogen) atoms. The fourth-order valence-corrected chi connectivity index (χ4v) is 0.844. The highest BCUT2D eigenvalue weighted by Crippen LogP contribution is 2.05. The second-order valence-corrected chi connectivity index (χ2v) is 2.33. The minimum atomic E-state index is -2.56. The molecule has 1 amide bonds. The maximum Gasteiger partial charge on any atom is 0.260 e. The van der Waals surface area contributed by atoms with Gasteiger partial charge in [-0.3, -0.25) is 4.79 Å². The maximum absolute atomic E-state index is 12.6. The quantitative estimate of drug-likeness (QED) is 0.573. The van der Waals surface area contributed by atoms with Crippen molar-refractivity contribution >= 4 is 15.1 Å². The van der Waals surface area contributed by atoms with Crippen LogP contribution in [0.25, 0.3) is 0 Å². The van der Waals surface area contributed by atoms with Gasteiger partial charge in [-0.15, -0.1) is 0 Å². The summed E-state index contributed by atoms with van der Waals surface area (Å²) in [4.78, 5) is 12.2. The van der Waals surface area contributed by atoms with E-state index >= 15 is 0 Å². The number of alkyl halides is 1. The van der Waals surface area contributed by atoms with E-state index in [9.17, 15) is 9.18 Å². The maximum atomic E-state index is 12.6. The zero-order chi connectivity index (χ0) is 9.07. The number of hydrogen-bond donors (Lipinski definition) is 0. The minimum Gasteiger partial charge on any atom is -0.340 e. The van der Waals surface area contributed by atoms with E-state index in [1.807, 2.05) is 0 Å². The van der Waals surface area contributed by atoms with Gasteiger partial charge in [-0.2, -0.15) is 0 Å². The molecule has 0 aliphatic rings. The first-order valence-corrected chi connectivity index (χ1v) is 3.78. The summed E-state index contributed by atoms with van der Waals surface area (Å²) < 4.78 is 19.4. The summed E-state index contributed by atoms with van der Waals surface area (Å²) in [6.45, 7) is 4.37. The van der Waals surface area contributed by atoms with Crippen LogP contribution in [0, 0.1) is 0 Å². The number of halogens is 1. The normalized spacial score (nSPS) is 17.4. The number of rotatable bonds is 3. The molecule has 2 unspecified atom stereocenters. The summed E-state index contributed by atoms with van der Waals surface area (Å²) in [6, 6.07) is 0. The Morgan fingerprint density at radius 1 is 1.80 bits per heavy atom. The van der Waals surface area contributed by atoms with E-state index in [0.29, 0.717) is 13.1 Å². The first kappa shape index (κ1) is 7.93. The third kappa shape index (κ3) is 2.61. The molecule has 0 N–H and O–H groups in total. The fourth-order valence-electron chi connectivity index (χ4n) is 0.662. The van der Waals surface area contributed by atoms with Gasteiger partial charge < -0.3 is 4.90 Å². The molecule has 0 heterocycles. The fraction of sp³-hybridized carbons (Fsp3) is 0.833. The zero-order valence-corrected chi connectivity index (χ0v) is 7.38. The van der Waals surface area contributed by atoms with Gasteiger partial charge in [0.05, 0.1) is 1.37 Å². The van der Waals surface area contributed by atoms with Gasteiger partial charge in [0.2, 0.25) is 0 Å². The van der Waals surface area contributed by atoms with Crippen molar-refractivity contribution in [1.82, 2.24) is 4.90 Å². The summed E-state index contributed by atoms with van der Waals surface area (Å²) in [5.74, 6) is -3.36. The molecule has 0 bridgehead atoms. The van der Waals surface area contributed by atoms with Crippen molar-refractivity contribution < 1.29 is 10.6 Å². The Balaban J connectivity index is 4.22. The Labute approximate surface area is 64.4 Å². The lowest BCUT2D eigenvalue weighted by atomic mass is 10.5. The lowest BCUT2D eigenvalue weighted by Gasteiger charge is -2.18. The van der Waals surface area contributed by atoms with Crippen molar-refractivity contribution in [3.05, 3.63) is 0 Å². The molecule has 0 aliphatic heterocycles. The smallest absolute Gasteiger partial charge is 0.260 e. The van der Waals surface area contributed by atoms with Gasteiger partial charge in [0, 0.05) is 13.1 Å². The first-order chi connectivity index (χ1) is 4.93. The number of amides is 1. The molecular formula is C6H13FNOP. The summed E-state index contributed by atoms with van der Waals surface area (Å²) in [5, 5.41) is 0. The summed E-state index contributed by atoms with van der Waals surface area (Å²) in [7, 11) is 1.57. The second-order valence-electron chi connectivity index (χ2n) is 1.83. The van der Waals surface area contributed by atoms with Crippen LogP contribution in [0.5, 0.6) is 0 Å². The van der Waals surface area contributed by atoms with Gasteiger partial charge >= 0.3 is 0 Å². The molecular weight excluding hydrogens is 152 g/mol. The van der Waals surface area contributed by atoms with Crippen LogP contribution in [0.15, 0.2) is 0 Å². The Morgan fingerprint density at radius 2 is 2.20 bits per heavy atom. The molecule has 0 aromatic rings. The lowest BCUT2D eigenvalue weighted by Crippen LogP contribution is -2.34. The molecule has 0 spiro atoms. The number of hydrogen-bond acceptors (Lipinski definition) is 1. The van der Waals surface area contributed by atoms with Gasteiger partial charge in [0.1, 0.15) is 0 Å². The van der Waals surface area contributed by atoms with Crippen LogP contribution < -0.4 is 0 Å². The van der Waals surface area contributed by atoms with Crippen LogP contribution in [0.4, 0.5) is 4.39 Å². The average molecular weight is 166 g/mol. The molecule has 0 rings (SSSR count). The topological polar surface area (TPSA) is 20.3 Å². The molecule has 0 aliphatic carbocycles. The molecule has 0 aromatic carbocycles. The predicted octanol–water partition coefficient (Wildman–Crippen LogP) is 1.03. The first-order valence-electron chi connectivity index (χ1n) is 3.70. The van der Waals surface area contributed by atoms with E-state index in [-0.39, 0.29) is 0 Å². The van der Waals surface area contributed by atoms with Crippen molar-refractivity contribution in [1.29, 1.82) is 0 Å². The summed E-state index contributed by atoms with van der Waals surface area (Å²) in [6.07, 6.45) is 0. The van der Waals surface area contributed by atoms with Crippen LogP contribution in [0.3, 0.4) is 0 Å². The van der Waals surface area contributed by atoms with Crippen molar-refractivity contribution in [2.24, 2.45) is 0 Å². The van der Waals surface area contributed by atoms with Crippen LogP contribution in [-0.2, 0) is 4.79 Å². The Bertz CT molecular complexity index is 144. The highest BCUT2D eigenvalue weighted by molar-refractivity contribution is 7.19. The largest absolute Gasteiger partial charge is 0.340 e. The minimum absolute atomic E-state index is 0.439. The van der Waals surface area contributed by atoms with E-state index < -0.39 is 11.8 Å². The highest BCUT2D eigenvalue weighted by atomic mass is 31.0. The molecule has 0 aromatic heterocycles. The van der Waals surface area contributed by atoms with E-state index in [1.54, 1.807) is 23.1 Å². The summed E-state index contributed by atoms with van der Waals surface area (Å²) in [5.41, 5.74) is 0. The number of carbonyl (C=O) groups is 1. The third-order valence-corrected chi connectivity index (χ3v) is 1.50. The zero-order valence-electron chi connectivity index (χ0n) is 7.22. The highest BCUT2D eigenvalue weighted by Gasteiger charge is 2.16. The Morgan fingerprint density at radius 3 is 2.30 bits per heavy atom. The van der Waals surface area contributed by atoms with Crippen molar-refractivity contribution in [2.75, 3.05) is 13.1 Å². The van der Waals surface area contributed by atoms with Crippen LogP contribution in [0.1, 0.15) is 15.2 Å². The average Bonchev–Trinajstić information content (AvgIpc) is 1.88. The van der Waals surface area contributed by atoms with Gasteiger partial charge in [-0.25, -0.2) is 4.39 Å². The molecule has 2 nitrogen and oxygen atoms in total. The van der Waals surface area contributed by atoms with Crippen molar-refractivity contribution in [3.8, 4) is 0 Å². The molecule has 4 heteroatoms. The Hall–Kier alpha value is -0.170. The van der Waals surface area contributed by atoms with E-state index in [0.717, 1.165) is 0 Å². The van der Waals surface area contributed by atoms with Gasteiger partial charge in [-0.05, 0) is 13.8 Å². The van der Waals surface area contributed by atoms with Gasteiger partial charge in [0.25, 0.3) is 5.91 Å². The standard InChI is InChI=1S/C6H13FNOP/c1-3-8(4-2)6(9)5(7)10/h5H,3-4,10H2,1-2H3/i5D. The molecule has 0 saturated heterocycles. The van der Waals surface area contributed by atoms with Crippen LogP contribution >= 0.6 is 9.24 Å². The van der Waals surface area contributed by atoms with E-state index in [1.165, 1.54) is 4.90 Å². The van der Waals surface area contributed by atoms with Crippen molar-refractivity contribution in [2.45, 2.75) is 19.7 Å². The van der Waals surface area contributed by atoms with E-state index in [2.05, 4.69) is 0 Å².